The molecule has 1 aromatic carbocycles. The van der Waals surface area contributed by atoms with Crippen molar-refractivity contribution in [3.63, 3.8) is 0 Å². The smallest absolute Gasteiger partial charge is 0.321 e. The van der Waals surface area contributed by atoms with Gasteiger partial charge in [-0.3, -0.25) is 4.79 Å². The Kier molecular flexibility index (Phi) is 3.30. The van der Waals surface area contributed by atoms with Gasteiger partial charge >= 0.3 is 12.0 Å². The fourth-order valence-electron chi connectivity index (χ4n) is 4.08. The molecule has 2 amide bonds. The molecule has 2 atom stereocenters. The fourth-order valence-corrected chi connectivity index (χ4v) is 4.95. The monoisotopic (exact) mass is 330 g/mol. The van der Waals surface area contributed by atoms with E-state index >= 15 is 0 Å². The maximum absolute atomic E-state index is 12.6. The topological polar surface area (TPSA) is 69.6 Å². The minimum Gasteiger partial charge on any atom is -0.481 e. The number of carbonyl (C=O) groups excluding carboxylic acids is 1. The van der Waals surface area contributed by atoms with Gasteiger partial charge in [0.1, 0.15) is 0 Å². The van der Waals surface area contributed by atoms with Crippen LogP contribution in [0.3, 0.4) is 0 Å². The van der Waals surface area contributed by atoms with E-state index in [0.29, 0.717) is 19.5 Å². The molecular formula is C17H18N2O3S. The molecule has 2 aliphatic rings. The number of thiophene rings is 1. The minimum absolute atomic E-state index is 0.0864. The Labute approximate surface area is 137 Å². The fraction of sp³-hybridized carbons (Fsp3) is 0.412. The molecule has 2 N–H and O–H groups in total. The molecule has 1 saturated heterocycles. The number of carbonyl (C=O) groups is 2. The van der Waals surface area contributed by atoms with Gasteiger partial charge in [-0.05, 0) is 41.7 Å². The first-order valence-corrected chi connectivity index (χ1v) is 8.74. The summed E-state index contributed by atoms with van der Waals surface area (Å²) in [6.45, 7) is 0.859. The molecule has 5 nitrogen and oxygen atoms in total. The van der Waals surface area contributed by atoms with Crippen molar-refractivity contribution in [2.45, 2.75) is 19.3 Å². The number of fused-ring (bicyclic) bond motifs is 2. The lowest BCUT2D eigenvalue weighted by Crippen LogP contribution is -2.38. The number of carboxylic acid groups (broad SMARTS) is 1. The minimum atomic E-state index is -0.754. The highest BCUT2D eigenvalue weighted by atomic mass is 32.1. The van der Waals surface area contributed by atoms with E-state index in [0.717, 1.165) is 28.6 Å². The highest BCUT2D eigenvalue weighted by Gasteiger charge is 2.55. The van der Waals surface area contributed by atoms with Gasteiger partial charge in [-0.15, -0.1) is 11.3 Å². The van der Waals surface area contributed by atoms with Crippen LogP contribution in [0.15, 0.2) is 29.6 Å². The number of rotatable bonds is 2. The van der Waals surface area contributed by atoms with Crippen LogP contribution in [0.25, 0.3) is 10.1 Å². The summed E-state index contributed by atoms with van der Waals surface area (Å²) in [6, 6.07) is 7.65. The van der Waals surface area contributed by atoms with Crippen molar-refractivity contribution in [3.05, 3.63) is 29.6 Å². The van der Waals surface area contributed by atoms with Gasteiger partial charge in [0.25, 0.3) is 0 Å². The van der Waals surface area contributed by atoms with Crippen LogP contribution in [0.1, 0.15) is 19.3 Å². The Balaban J connectivity index is 1.55. The van der Waals surface area contributed by atoms with E-state index in [4.69, 9.17) is 0 Å². The Morgan fingerprint density at radius 2 is 2.22 bits per heavy atom. The number of likely N-dealkylation sites (tertiary alicyclic amines) is 1. The number of nitrogens with zero attached hydrogens (tertiary/aromatic N) is 1. The lowest BCUT2D eigenvalue weighted by Gasteiger charge is -2.23. The molecule has 1 aliphatic heterocycles. The second kappa shape index (κ2) is 5.23. The predicted molar refractivity (Wildman–Crippen MR) is 89.8 cm³/mol. The molecule has 1 saturated carbocycles. The molecule has 0 bridgehead atoms. The lowest BCUT2D eigenvalue weighted by molar-refractivity contribution is -0.149. The molecule has 6 heteroatoms. The molecule has 2 heterocycles. The molecule has 120 valence electrons. The van der Waals surface area contributed by atoms with Crippen LogP contribution in [0.2, 0.25) is 0 Å². The number of nitrogens with one attached hydrogen (secondary N) is 1. The van der Waals surface area contributed by atoms with Crippen molar-refractivity contribution in [2.75, 3.05) is 18.4 Å². The van der Waals surface area contributed by atoms with Crippen molar-refractivity contribution in [1.82, 2.24) is 4.90 Å². The summed E-state index contributed by atoms with van der Waals surface area (Å²) in [5.74, 6) is -0.668. The van der Waals surface area contributed by atoms with E-state index in [1.54, 1.807) is 16.2 Å². The number of hydrogen-bond donors (Lipinski definition) is 2. The average molecular weight is 330 g/mol. The third-order valence-electron chi connectivity index (χ3n) is 5.30. The first-order chi connectivity index (χ1) is 11.1. The molecule has 1 aromatic heterocycles. The van der Waals surface area contributed by atoms with Crippen molar-refractivity contribution < 1.29 is 14.7 Å². The van der Waals surface area contributed by atoms with Gasteiger partial charge in [0.2, 0.25) is 0 Å². The molecule has 0 radical (unpaired) electrons. The highest BCUT2D eigenvalue weighted by molar-refractivity contribution is 7.17. The first-order valence-electron chi connectivity index (χ1n) is 7.86. The number of benzene rings is 1. The summed E-state index contributed by atoms with van der Waals surface area (Å²) in [5, 5.41) is 15.7. The molecule has 2 aromatic rings. The highest BCUT2D eigenvalue weighted by Crippen LogP contribution is 2.49. The third kappa shape index (κ3) is 2.20. The molecule has 0 spiro atoms. The molecule has 23 heavy (non-hydrogen) atoms. The largest absolute Gasteiger partial charge is 0.481 e. The lowest BCUT2D eigenvalue weighted by atomic mass is 9.81. The summed E-state index contributed by atoms with van der Waals surface area (Å²) in [7, 11) is 0. The summed E-state index contributed by atoms with van der Waals surface area (Å²) in [6.07, 6.45) is 2.52. The van der Waals surface area contributed by atoms with E-state index in [1.165, 1.54) is 0 Å². The Morgan fingerprint density at radius 1 is 1.35 bits per heavy atom. The number of hydrogen-bond acceptors (Lipinski definition) is 3. The summed E-state index contributed by atoms with van der Waals surface area (Å²) < 4.78 is 1.05. The number of carboxylic acids is 1. The average Bonchev–Trinajstić information content (AvgIpc) is 3.21. The zero-order valence-corrected chi connectivity index (χ0v) is 13.4. The van der Waals surface area contributed by atoms with Crippen LogP contribution in [0.4, 0.5) is 10.5 Å². The van der Waals surface area contributed by atoms with Crippen LogP contribution in [0, 0.1) is 11.3 Å². The van der Waals surface area contributed by atoms with Crippen molar-refractivity contribution in [1.29, 1.82) is 0 Å². The quantitative estimate of drug-likeness (QED) is 0.883. The van der Waals surface area contributed by atoms with Crippen LogP contribution >= 0.6 is 11.3 Å². The second-order valence-corrected chi connectivity index (χ2v) is 7.42. The first kappa shape index (κ1) is 14.5. The number of anilines is 1. The van der Waals surface area contributed by atoms with Crippen molar-refractivity contribution in [3.8, 4) is 0 Å². The maximum Gasteiger partial charge on any atom is 0.321 e. The van der Waals surface area contributed by atoms with E-state index in [9.17, 15) is 14.7 Å². The summed E-state index contributed by atoms with van der Waals surface area (Å²) in [4.78, 5) is 26.0. The zero-order valence-electron chi connectivity index (χ0n) is 12.6. The molecular weight excluding hydrogens is 312 g/mol. The van der Waals surface area contributed by atoms with E-state index in [1.807, 2.05) is 29.6 Å². The van der Waals surface area contributed by atoms with Gasteiger partial charge in [-0.2, -0.15) is 0 Å². The Morgan fingerprint density at radius 3 is 3.00 bits per heavy atom. The maximum atomic E-state index is 12.6. The number of amides is 2. The van der Waals surface area contributed by atoms with Crippen molar-refractivity contribution >= 4 is 39.1 Å². The normalized spacial score (nSPS) is 26.4. The molecule has 2 fully saturated rings. The van der Waals surface area contributed by atoms with Gasteiger partial charge in [0.15, 0.2) is 0 Å². The summed E-state index contributed by atoms with van der Waals surface area (Å²) in [5.41, 5.74) is 0.0654. The van der Waals surface area contributed by atoms with Crippen LogP contribution in [-0.4, -0.2) is 35.1 Å². The van der Waals surface area contributed by atoms with Crippen LogP contribution in [-0.2, 0) is 4.79 Å². The van der Waals surface area contributed by atoms with Gasteiger partial charge in [-0.25, -0.2) is 4.79 Å². The zero-order chi connectivity index (χ0) is 16.0. The standard InChI is InChI=1S/C17H18N2O3S/c20-15(21)17-7-2-4-12(17)9-19(10-17)16(22)18-13-5-1-3-11-6-8-23-14(11)13/h1,3,5-6,8,12H,2,4,7,9-10H2,(H,18,22)(H,20,21)/t12-,17+/m0/s1. The van der Waals surface area contributed by atoms with E-state index < -0.39 is 11.4 Å². The van der Waals surface area contributed by atoms with Gasteiger partial charge in [0, 0.05) is 13.1 Å². The van der Waals surface area contributed by atoms with Crippen molar-refractivity contribution in [2.24, 2.45) is 11.3 Å². The van der Waals surface area contributed by atoms with Gasteiger partial charge < -0.3 is 15.3 Å². The van der Waals surface area contributed by atoms with Crippen LogP contribution < -0.4 is 5.32 Å². The molecule has 1 aliphatic carbocycles. The third-order valence-corrected chi connectivity index (χ3v) is 6.27. The molecule has 0 unspecified atom stereocenters. The van der Waals surface area contributed by atoms with E-state index in [-0.39, 0.29) is 11.9 Å². The Hall–Kier alpha value is -2.08. The number of urea groups is 1. The Bertz CT molecular complexity index is 787. The van der Waals surface area contributed by atoms with Crippen LogP contribution in [0.5, 0.6) is 0 Å². The SMILES string of the molecule is O=C(Nc1cccc2ccsc12)N1C[C@@H]2CCC[C@@]2(C(=O)O)C1. The van der Waals surface area contributed by atoms with Gasteiger partial charge in [0.05, 0.1) is 15.8 Å². The molecule has 4 rings (SSSR count). The summed E-state index contributed by atoms with van der Waals surface area (Å²) >= 11 is 1.59. The van der Waals surface area contributed by atoms with Gasteiger partial charge in [-0.1, -0.05) is 18.6 Å². The number of aliphatic carboxylic acids is 1. The predicted octanol–water partition coefficient (Wildman–Crippen LogP) is 3.62. The van der Waals surface area contributed by atoms with E-state index in [2.05, 4.69) is 5.32 Å². The second-order valence-electron chi connectivity index (χ2n) is 6.51.